The second-order valence-corrected chi connectivity index (χ2v) is 6.44. The van der Waals surface area contributed by atoms with E-state index in [1.807, 2.05) is 13.8 Å². The third kappa shape index (κ3) is 4.94. The number of nitrogens with one attached hydrogen (secondary N) is 1. The van der Waals surface area contributed by atoms with Crippen molar-refractivity contribution in [3.63, 3.8) is 0 Å². The molecule has 1 saturated heterocycles. The Hall–Kier alpha value is -0.120. The fourth-order valence-corrected chi connectivity index (χ4v) is 2.64. The van der Waals surface area contributed by atoms with Gasteiger partial charge in [0.15, 0.2) is 0 Å². The summed E-state index contributed by atoms with van der Waals surface area (Å²) in [5, 5.41) is 13.5. The Morgan fingerprint density at radius 1 is 1.24 bits per heavy atom. The molecule has 3 heteroatoms. The average molecular weight is 240 g/mol. The number of piperidine rings is 1. The van der Waals surface area contributed by atoms with Crippen LogP contribution in [0.5, 0.6) is 0 Å². The number of hydrogen-bond acceptors (Lipinski definition) is 3. The van der Waals surface area contributed by atoms with Crippen LogP contribution in [0.4, 0.5) is 0 Å². The summed E-state index contributed by atoms with van der Waals surface area (Å²) >= 11 is 0. The molecule has 2 aliphatic rings. The van der Waals surface area contributed by atoms with Gasteiger partial charge < -0.3 is 10.4 Å². The molecular weight excluding hydrogens is 212 g/mol. The van der Waals surface area contributed by atoms with Crippen molar-refractivity contribution in [1.29, 1.82) is 0 Å². The maximum absolute atomic E-state index is 9.83. The first-order chi connectivity index (χ1) is 8.04. The van der Waals surface area contributed by atoms with E-state index < -0.39 is 5.60 Å². The minimum atomic E-state index is -0.521. The van der Waals surface area contributed by atoms with E-state index in [0.717, 1.165) is 19.0 Å². The summed E-state index contributed by atoms with van der Waals surface area (Å²) < 4.78 is 0. The monoisotopic (exact) mass is 240 g/mol. The van der Waals surface area contributed by atoms with Crippen molar-refractivity contribution < 1.29 is 5.11 Å². The lowest BCUT2D eigenvalue weighted by molar-refractivity contribution is 0.0544. The van der Waals surface area contributed by atoms with Gasteiger partial charge in [-0.2, -0.15) is 0 Å². The summed E-state index contributed by atoms with van der Waals surface area (Å²) in [6.45, 7) is 7.25. The normalized spacial score (nSPS) is 26.5. The Bertz CT molecular complexity index is 227. The molecule has 2 N–H and O–H groups in total. The van der Waals surface area contributed by atoms with Crippen LogP contribution < -0.4 is 5.32 Å². The van der Waals surface area contributed by atoms with Gasteiger partial charge in [0.1, 0.15) is 0 Å². The summed E-state index contributed by atoms with van der Waals surface area (Å²) in [5.74, 6) is 0. The Balaban J connectivity index is 1.76. The topological polar surface area (TPSA) is 35.5 Å². The molecule has 0 amide bonds. The third-order valence-corrected chi connectivity index (χ3v) is 3.94. The van der Waals surface area contributed by atoms with E-state index in [9.17, 15) is 5.11 Å². The van der Waals surface area contributed by atoms with Crippen molar-refractivity contribution in [2.24, 2.45) is 0 Å². The lowest BCUT2D eigenvalue weighted by Gasteiger charge is -2.32. The summed E-state index contributed by atoms with van der Waals surface area (Å²) in [5.41, 5.74) is -0.521. The smallest absolute Gasteiger partial charge is 0.0603 e. The quantitative estimate of drug-likeness (QED) is 0.742. The molecule has 2 rings (SSSR count). The highest BCUT2D eigenvalue weighted by molar-refractivity contribution is 4.88. The van der Waals surface area contributed by atoms with Crippen molar-refractivity contribution in [1.82, 2.24) is 10.2 Å². The van der Waals surface area contributed by atoms with Crippen molar-refractivity contribution in [3.05, 3.63) is 0 Å². The van der Waals surface area contributed by atoms with Crippen LogP contribution in [0.3, 0.4) is 0 Å². The van der Waals surface area contributed by atoms with Crippen LogP contribution in [-0.2, 0) is 0 Å². The zero-order valence-electron chi connectivity index (χ0n) is 11.4. The van der Waals surface area contributed by atoms with Gasteiger partial charge in [-0.3, -0.25) is 4.90 Å². The Morgan fingerprint density at radius 2 is 2.00 bits per heavy atom. The molecule has 1 saturated carbocycles. The maximum Gasteiger partial charge on any atom is 0.0603 e. The fourth-order valence-electron chi connectivity index (χ4n) is 2.64. The number of rotatable bonds is 6. The van der Waals surface area contributed by atoms with Gasteiger partial charge in [-0.15, -0.1) is 0 Å². The molecule has 0 aromatic heterocycles. The first kappa shape index (κ1) is 13.3. The van der Waals surface area contributed by atoms with Crippen LogP contribution in [0.15, 0.2) is 0 Å². The number of nitrogens with zero attached hydrogens (tertiary/aromatic N) is 1. The second-order valence-electron chi connectivity index (χ2n) is 6.44. The van der Waals surface area contributed by atoms with Gasteiger partial charge in [0, 0.05) is 25.2 Å². The molecule has 1 aliphatic carbocycles. The average Bonchev–Trinajstić information content (AvgIpc) is 3.08. The molecule has 17 heavy (non-hydrogen) atoms. The van der Waals surface area contributed by atoms with E-state index in [2.05, 4.69) is 10.2 Å². The molecule has 2 fully saturated rings. The second kappa shape index (κ2) is 5.68. The molecule has 1 aliphatic heterocycles. The summed E-state index contributed by atoms with van der Waals surface area (Å²) in [6, 6.07) is 1.49. The zero-order chi connectivity index (χ0) is 12.3. The summed E-state index contributed by atoms with van der Waals surface area (Å²) in [4.78, 5) is 2.60. The highest BCUT2D eigenvalue weighted by Gasteiger charge is 2.31. The van der Waals surface area contributed by atoms with Gasteiger partial charge >= 0.3 is 0 Å². The van der Waals surface area contributed by atoms with Crippen molar-refractivity contribution in [2.45, 2.75) is 70.1 Å². The van der Waals surface area contributed by atoms with E-state index >= 15 is 0 Å². The van der Waals surface area contributed by atoms with Crippen LogP contribution in [0.25, 0.3) is 0 Å². The molecule has 100 valence electrons. The van der Waals surface area contributed by atoms with E-state index in [4.69, 9.17) is 0 Å². The highest BCUT2D eigenvalue weighted by atomic mass is 16.3. The molecule has 3 nitrogen and oxygen atoms in total. The van der Waals surface area contributed by atoms with Gasteiger partial charge in [0.25, 0.3) is 0 Å². The summed E-state index contributed by atoms with van der Waals surface area (Å²) in [6.07, 6.45) is 7.64. The maximum atomic E-state index is 9.83. The molecule has 1 unspecified atom stereocenters. The van der Waals surface area contributed by atoms with Gasteiger partial charge in [-0.1, -0.05) is 6.42 Å². The lowest BCUT2D eigenvalue weighted by Crippen LogP contribution is -2.45. The first-order valence-corrected chi connectivity index (χ1v) is 7.24. The Morgan fingerprint density at radius 3 is 2.53 bits per heavy atom. The van der Waals surface area contributed by atoms with Crippen molar-refractivity contribution in [3.8, 4) is 0 Å². The predicted octanol–water partition coefficient (Wildman–Crippen LogP) is 1.75. The van der Waals surface area contributed by atoms with Crippen molar-refractivity contribution >= 4 is 0 Å². The van der Waals surface area contributed by atoms with Crippen molar-refractivity contribution in [2.75, 3.05) is 19.6 Å². The highest BCUT2D eigenvalue weighted by Crippen LogP contribution is 2.28. The first-order valence-electron chi connectivity index (χ1n) is 7.24. The van der Waals surface area contributed by atoms with Crippen LogP contribution in [0.1, 0.15) is 52.4 Å². The van der Waals surface area contributed by atoms with Gasteiger partial charge in [-0.05, 0) is 52.5 Å². The van der Waals surface area contributed by atoms with Crippen LogP contribution >= 0.6 is 0 Å². The Labute approximate surface area is 106 Å². The predicted molar refractivity (Wildman–Crippen MR) is 71.2 cm³/mol. The molecule has 0 aromatic rings. The summed E-state index contributed by atoms with van der Waals surface area (Å²) in [7, 11) is 0. The van der Waals surface area contributed by atoms with Gasteiger partial charge in [0.05, 0.1) is 5.60 Å². The molecule has 0 radical (unpaired) electrons. The van der Waals surface area contributed by atoms with Crippen LogP contribution in [0.2, 0.25) is 0 Å². The standard InChI is InChI=1S/C14H28N2O/c1-14(2,17)8-10-16(13-6-7-13)11-12-5-3-4-9-15-12/h12-13,15,17H,3-11H2,1-2H3. The molecular formula is C14H28N2O. The minimum absolute atomic E-state index is 0.521. The Kier molecular flexibility index (Phi) is 4.45. The SMILES string of the molecule is CC(C)(O)CCN(CC1CCCCN1)C1CC1. The van der Waals surface area contributed by atoms with Crippen LogP contribution in [0, 0.1) is 0 Å². The van der Waals surface area contributed by atoms with Crippen LogP contribution in [-0.4, -0.2) is 47.3 Å². The van der Waals surface area contributed by atoms with E-state index in [1.54, 1.807) is 0 Å². The molecule has 1 atom stereocenters. The number of aliphatic hydroxyl groups is 1. The van der Waals surface area contributed by atoms with E-state index in [0.29, 0.717) is 6.04 Å². The van der Waals surface area contributed by atoms with E-state index in [-0.39, 0.29) is 0 Å². The zero-order valence-corrected chi connectivity index (χ0v) is 11.4. The molecule has 0 spiro atoms. The molecule has 0 aromatic carbocycles. The largest absolute Gasteiger partial charge is 0.390 e. The third-order valence-electron chi connectivity index (χ3n) is 3.94. The lowest BCUT2D eigenvalue weighted by atomic mass is 10.0. The van der Waals surface area contributed by atoms with E-state index in [1.165, 1.54) is 45.2 Å². The van der Waals surface area contributed by atoms with Gasteiger partial charge in [-0.25, -0.2) is 0 Å². The molecule has 1 heterocycles. The minimum Gasteiger partial charge on any atom is -0.390 e. The fraction of sp³-hybridized carbons (Fsp3) is 1.00. The molecule has 0 bridgehead atoms. The number of hydrogen-bond donors (Lipinski definition) is 2. The van der Waals surface area contributed by atoms with Gasteiger partial charge in [0.2, 0.25) is 0 Å².